The highest BCUT2D eigenvalue weighted by Gasteiger charge is 2.60. The van der Waals surface area contributed by atoms with Gasteiger partial charge in [0.1, 0.15) is 0 Å². The van der Waals surface area contributed by atoms with Gasteiger partial charge >= 0.3 is 6.18 Å². The van der Waals surface area contributed by atoms with Crippen molar-refractivity contribution in [3.05, 3.63) is 11.6 Å². The predicted octanol–water partition coefficient (Wildman–Crippen LogP) is 7.93. The lowest BCUT2D eigenvalue weighted by atomic mass is 9.45. The van der Waals surface area contributed by atoms with Gasteiger partial charge < -0.3 is 5.11 Å². The first-order valence-corrected chi connectivity index (χ1v) is 12.8. The fraction of sp³-hybridized carbons (Fsp3) is 0.926. The summed E-state index contributed by atoms with van der Waals surface area (Å²) in [6.45, 7) is 10.6. The van der Waals surface area contributed by atoms with E-state index in [0.29, 0.717) is 41.4 Å². The molecule has 0 aliphatic heterocycles. The summed E-state index contributed by atoms with van der Waals surface area (Å²) in [5, 5.41) is 10.7. The van der Waals surface area contributed by atoms with Crippen LogP contribution in [0.4, 0.5) is 13.2 Å². The molecule has 4 rings (SSSR count). The second kappa shape index (κ2) is 7.77. The lowest BCUT2D eigenvalue weighted by molar-refractivity contribution is -0.171. The maximum Gasteiger partial charge on any atom is 0.391 e. The zero-order valence-electron chi connectivity index (χ0n) is 20.2. The van der Waals surface area contributed by atoms with Crippen LogP contribution in [0.5, 0.6) is 0 Å². The third-order valence-electron chi connectivity index (χ3n) is 10.7. The molecule has 31 heavy (non-hydrogen) atoms. The number of hydrogen-bond donors (Lipinski definition) is 1. The number of halogens is 3. The molecular weight excluding hydrogens is 397 g/mol. The predicted molar refractivity (Wildman–Crippen MR) is 119 cm³/mol. The molecule has 5 unspecified atom stereocenters. The first-order chi connectivity index (χ1) is 14.3. The van der Waals surface area contributed by atoms with Crippen LogP contribution in [0.25, 0.3) is 0 Å². The summed E-state index contributed by atoms with van der Waals surface area (Å²) in [5.74, 6) is 2.02. The molecule has 4 heteroatoms. The van der Waals surface area contributed by atoms with Crippen molar-refractivity contribution in [2.24, 2.45) is 46.3 Å². The number of fused-ring (bicyclic) bond motifs is 5. The molecule has 0 heterocycles. The molecule has 3 fully saturated rings. The number of allylic oxidation sites excluding steroid dienone is 1. The second-order valence-corrected chi connectivity index (χ2v) is 12.6. The quantitative estimate of drug-likeness (QED) is 0.440. The summed E-state index contributed by atoms with van der Waals surface area (Å²) in [5.41, 5.74) is 1.45. The molecule has 0 amide bonds. The SMILES string of the molecule is C[C@H](CCC[C@H]1CCC2C3C(CCC21C)C1(C)CC[C@](C)(O)CC1=C[C@@H]3C)C(F)(F)F. The van der Waals surface area contributed by atoms with E-state index in [1.807, 2.05) is 6.92 Å². The summed E-state index contributed by atoms with van der Waals surface area (Å²) in [4.78, 5) is 0. The Morgan fingerprint density at radius 3 is 2.45 bits per heavy atom. The molecule has 1 N–H and O–H groups in total. The van der Waals surface area contributed by atoms with E-state index in [0.717, 1.165) is 25.7 Å². The van der Waals surface area contributed by atoms with E-state index in [1.165, 1.54) is 38.2 Å². The number of alkyl halides is 3. The third-order valence-corrected chi connectivity index (χ3v) is 10.7. The van der Waals surface area contributed by atoms with Gasteiger partial charge in [0.05, 0.1) is 11.5 Å². The fourth-order valence-electron chi connectivity index (χ4n) is 8.58. The van der Waals surface area contributed by atoms with Crippen LogP contribution < -0.4 is 0 Å². The van der Waals surface area contributed by atoms with Crippen molar-refractivity contribution in [2.45, 2.75) is 111 Å². The average molecular weight is 441 g/mol. The molecule has 4 aliphatic rings. The Morgan fingerprint density at radius 2 is 1.77 bits per heavy atom. The van der Waals surface area contributed by atoms with Crippen LogP contribution in [-0.2, 0) is 0 Å². The van der Waals surface area contributed by atoms with Gasteiger partial charge in [-0.1, -0.05) is 45.8 Å². The number of aliphatic hydroxyl groups is 1. The minimum atomic E-state index is -4.05. The van der Waals surface area contributed by atoms with Crippen LogP contribution >= 0.6 is 0 Å². The van der Waals surface area contributed by atoms with E-state index in [9.17, 15) is 18.3 Å². The molecule has 9 atom stereocenters. The molecule has 0 aromatic rings. The van der Waals surface area contributed by atoms with Gasteiger partial charge in [-0.3, -0.25) is 0 Å². The maximum atomic E-state index is 12.9. The van der Waals surface area contributed by atoms with E-state index in [4.69, 9.17) is 0 Å². The van der Waals surface area contributed by atoms with Crippen LogP contribution in [-0.4, -0.2) is 16.9 Å². The minimum Gasteiger partial charge on any atom is -0.390 e. The van der Waals surface area contributed by atoms with Gasteiger partial charge in [-0.2, -0.15) is 13.2 Å². The summed E-state index contributed by atoms with van der Waals surface area (Å²) < 4.78 is 38.8. The van der Waals surface area contributed by atoms with Crippen molar-refractivity contribution in [2.75, 3.05) is 0 Å². The van der Waals surface area contributed by atoms with Gasteiger partial charge in [-0.15, -0.1) is 0 Å². The van der Waals surface area contributed by atoms with Crippen molar-refractivity contribution < 1.29 is 18.3 Å². The van der Waals surface area contributed by atoms with Crippen LogP contribution in [0, 0.1) is 46.3 Å². The van der Waals surface area contributed by atoms with Crippen molar-refractivity contribution in [3.8, 4) is 0 Å². The van der Waals surface area contributed by atoms with Crippen LogP contribution in [0.15, 0.2) is 11.6 Å². The average Bonchev–Trinajstić information content (AvgIpc) is 2.99. The van der Waals surface area contributed by atoms with Crippen LogP contribution in [0.2, 0.25) is 0 Å². The molecule has 1 nitrogen and oxygen atoms in total. The first kappa shape index (κ1) is 23.6. The largest absolute Gasteiger partial charge is 0.391 e. The highest BCUT2D eigenvalue weighted by molar-refractivity contribution is 5.28. The lowest BCUT2D eigenvalue weighted by Gasteiger charge is -2.60. The first-order valence-electron chi connectivity index (χ1n) is 12.8. The molecule has 0 radical (unpaired) electrons. The van der Waals surface area contributed by atoms with E-state index in [1.54, 1.807) is 0 Å². The third kappa shape index (κ3) is 4.02. The molecule has 4 aliphatic carbocycles. The van der Waals surface area contributed by atoms with E-state index >= 15 is 0 Å². The summed E-state index contributed by atoms with van der Waals surface area (Å²) in [6.07, 6.45) is 8.10. The Hall–Kier alpha value is -0.510. The Kier molecular flexibility index (Phi) is 5.93. The number of hydrogen-bond acceptors (Lipinski definition) is 1. The van der Waals surface area contributed by atoms with E-state index < -0.39 is 17.7 Å². The Labute approximate surface area is 187 Å². The van der Waals surface area contributed by atoms with E-state index in [-0.39, 0.29) is 11.8 Å². The van der Waals surface area contributed by atoms with Crippen molar-refractivity contribution in [3.63, 3.8) is 0 Å². The molecule has 0 spiro atoms. The van der Waals surface area contributed by atoms with Gasteiger partial charge in [0.2, 0.25) is 0 Å². The summed E-state index contributed by atoms with van der Waals surface area (Å²) >= 11 is 0. The highest BCUT2D eigenvalue weighted by Crippen LogP contribution is 2.68. The second-order valence-electron chi connectivity index (χ2n) is 12.6. The summed E-state index contributed by atoms with van der Waals surface area (Å²) in [7, 11) is 0. The van der Waals surface area contributed by atoms with Crippen molar-refractivity contribution in [1.29, 1.82) is 0 Å². The Morgan fingerprint density at radius 1 is 1.06 bits per heavy atom. The Balaban J connectivity index is 1.49. The van der Waals surface area contributed by atoms with Crippen LogP contribution in [0.3, 0.4) is 0 Å². The molecule has 0 saturated heterocycles. The zero-order chi connectivity index (χ0) is 22.8. The minimum absolute atomic E-state index is 0.223. The molecule has 0 bridgehead atoms. The lowest BCUT2D eigenvalue weighted by Crippen LogP contribution is -2.53. The van der Waals surface area contributed by atoms with Gasteiger partial charge in [0, 0.05) is 0 Å². The highest BCUT2D eigenvalue weighted by atomic mass is 19.4. The van der Waals surface area contributed by atoms with Gasteiger partial charge in [-0.05, 0) is 105 Å². The molecule has 0 aromatic heterocycles. The van der Waals surface area contributed by atoms with Gasteiger partial charge in [-0.25, -0.2) is 0 Å². The molecule has 0 aromatic carbocycles. The standard InChI is InChI=1S/C27H43F3O/c1-17-15-20-16-24(3,31)13-14-26(20,5)22-11-12-25(4)19(9-10-21(25)23(17)22)8-6-7-18(2)27(28,29)30/h15,17-19,21-23,31H,6-14,16H2,1-5H3/t17-,18+,19-,21?,22?,23?,24-,25?,26?/m0/s1. The fourth-order valence-corrected chi connectivity index (χ4v) is 8.58. The molecule has 178 valence electrons. The zero-order valence-corrected chi connectivity index (χ0v) is 20.2. The van der Waals surface area contributed by atoms with E-state index in [2.05, 4.69) is 26.8 Å². The number of rotatable bonds is 4. The van der Waals surface area contributed by atoms with Gasteiger partial charge in [0.15, 0.2) is 0 Å². The topological polar surface area (TPSA) is 20.2 Å². The smallest absolute Gasteiger partial charge is 0.390 e. The van der Waals surface area contributed by atoms with Crippen molar-refractivity contribution >= 4 is 0 Å². The van der Waals surface area contributed by atoms with Crippen molar-refractivity contribution in [1.82, 2.24) is 0 Å². The summed E-state index contributed by atoms with van der Waals surface area (Å²) in [6, 6.07) is 0. The maximum absolute atomic E-state index is 12.9. The van der Waals surface area contributed by atoms with Crippen LogP contribution in [0.1, 0.15) is 98.8 Å². The monoisotopic (exact) mass is 440 g/mol. The molecule has 3 saturated carbocycles. The molecular formula is C27H43F3O. The Bertz CT molecular complexity index is 710. The van der Waals surface area contributed by atoms with Gasteiger partial charge in [0.25, 0.3) is 0 Å². The normalized spacial score (nSPS) is 48.4.